The number of nitro groups is 1. The van der Waals surface area contributed by atoms with Crippen LogP contribution in [-0.2, 0) is 0 Å². The summed E-state index contributed by atoms with van der Waals surface area (Å²) in [5, 5.41) is 21.7. The van der Waals surface area contributed by atoms with E-state index in [9.17, 15) is 14.9 Å². The standard InChI is InChI=1S/C20H14N4O4/c25-20(18-11-12-19(28-18)24(26)27)21-15-7-3-1-5-13(15)9-10-17-14-6-2-4-8-16(14)22-23-17/h1-12H,(H,21,25)(H,22,23). The average Bonchev–Trinajstić information content (AvgIpc) is 3.35. The summed E-state index contributed by atoms with van der Waals surface area (Å²) >= 11 is 0. The number of aromatic nitrogens is 2. The molecular formula is C20H14N4O4. The molecule has 2 N–H and O–H groups in total. The number of hydrogen-bond acceptors (Lipinski definition) is 5. The summed E-state index contributed by atoms with van der Waals surface area (Å²) in [6.07, 6.45) is 3.68. The van der Waals surface area contributed by atoms with E-state index >= 15 is 0 Å². The molecule has 2 heterocycles. The molecule has 138 valence electrons. The Kier molecular flexibility index (Phi) is 4.43. The maximum absolute atomic E-state index is 12.3. The first-order valence-electron chi connectivity index (χ1n) is 8.37. The first-order valence-corrected chi connectivity index (χ1v) is 8.37. The maximum Gasteiger partial charge on any atom is 0.433 e. The predicted molar refractivity (Wildman–Crippen MR) is 105 cm³/mol. The molecule has 0 atom stereocenters. The molecule has 0 fully saturated rings. The van der Waals surface area contributed by atoms with E-state index in [0.717, 1.165) is 28.2 Å². The van der Waals surface area contributed by atoms with Crippen LogP contribution in [0.25, 0.3) is 23.1 Å². The third-order valence-electron chi connectivity index (χ3n) is 4.13. The van der Waals surface area contributed by atoms with E-state index in [0.29, 0.717) is 5.69 Å². The Morgan fingerprint density at radius 2 is 1.86 bits per heavy atom. The number of rotatable bonds is 5. The van der Waals surface area contributed by atoms with Crippen LogP contribution in [0, 0.1) is 10.1 Å². The molecule has 0 spiro atoms. The summed E-state index contributed by atoms with van der Waals surface area (Å²) in [5.74, 6) is -1.19. The Morgan fingerprint density at radius 1 is 1.07 bits per heavy atom. The number of carbonyl (C=O) groups is 1. The molecule has 4 rings (SSSR count). The molecule has 0 saturated carbocycles. The Morgan fingerprint density at radius 3 is 2.68 bits per heavy atom. The lowest BCUT2D eigenvalue weighted by atomic mass is 10.1. The first-order chi connectivity index (χ1) is 13.6. The normalized spacial score (nSPS) is 11.1. The highest BCUT2D eigenvalue weighted by Crippen LogP contribution is 2.23. The maximum atomic E-state index is 12.3. The summed E-state index contributed by atoms with van der Waals surface area (Å²) < 4.78 is 4.94. The van der Waals surface area contributed by atoms with E-state index in [-0.39, 0.29) is 5.76 Å². The van der Waals surface area contributed by atoms with Crippen molar-refractivity contribution in [3.8, 4) is 0 Å². The molecule has 4 aromatic rings. The molecule has 2 aromatic carbocycles. The van der Waals surface area contributed by atoms with Crippen molar-refractivity contribution in [3.05, 3.63) is 87.8 Å². The molecule has 8 nitrogen and oxygen atoms in total. The largest absolute Gasteiger partial charge is 0.433 e. The van der Waals surface area contributed by atoms with Crippen LogP contribution in [0.2, 0.25) is 0 Å². The molecule has 0 bridgehead atoms. The SMILES string of the molecule is O=C(Nc1ccccc1C=Cc1n[nH]c2ccccc12)c1ccc([N+](=O)[O-])o1. The van der Waals surface area contributed by atoms with Gasteiger partial charge in [-0.1, -0.05) is 42.5 Å². The molecule has 0 radical (unpaired) electrons. The van der Waals surface area contributed by atoms with Gasteiger partial charge in [-0.25, -0.2) is 0 Å². The van der Waals surface area contributed by atoms with Crippen LogP contribution in [0.1, 0.15) is 21.8 Å². The lowest BCUT2D eigenvalue weighted by Gasteiger charge is -2.06. The van der Waals surface area contributed by atoms with Crippen molar-refractivity contribution in [1.82, 2.24) is 10.2 Å². The van der Waals surface area contributed by atoms with Crippen LogP contribution >= 0.6 is 0 Å². The number of aromatic amines is 1. The molecule has 2 aromatic heterocycles. The number of amides is 1. The predicted octanol–water partition coefficient (Wildman–Crippen LogP) is 4.49. The number of furan rings is 1. The first kappa shape index (κ1) is 17.2. The number of anilines is 1. The van der Waals surface area contributed by atoms with Gasteiger partial charge in [-0.05, 0) is 29.8 Å². The van der Waals surface area contributed by atoms with Gasteiger partial charge in [0.05, 0.1) is 17.3 Å². The number of nitrogens with one attached hydrogen (secondary N) is 2. The van der Waals surface area contributed by atoms with Gasteiger partial charge in [0.15, 0.2) is 5.76 Å². The molecule has 28 heavy (non-hydrogen) atoms. The quantitative estimate of drug-likeness (QED) is 0.395. The summed E-state index contributed by atoms with van der Waals surface area (Å²) in [6.45, 7) is 0. The number of H-pyrrole nitrogens is 1. The zero-order chi connectivity index (χ0) is 19.5. The second-order valence-corrected chi connectivity index (χ2v) is 5.92. The Labute approximate surface area is 158 Å². The smallest absolute Gasteiger partial charge is 0.395 e. The number of nitrogens with zero attached hydrogens (tertiary/aromatic N) is 2. The van der Waals surface area contributed by atoms with E-state index in [2.05, 4.69) is 15.5 Å². The van der Waals surface area contributed by atoms with Crippen LogP contribution in [-0.4, -0.2) is 21.0 Å². The number of carbonyl (C=O) groups excluding carboxylic acids is 1. The summed E-state index contributed by atoms with van der Waals surface area (Å²) in [6, 6.07) is 17.4. The van der Waals surface area contributed by atoms with Gasteiger partial charge in [0.1, 0.15) is 4.92 Å². The highest BCUT2D eigenvalue weighted by Gasteiger charge is 2.17. The highest BCUT2D eigenvalue weighted by atomic mass is 16.6. The molecule has 0 aliphatic rings. The Balaban J connectivity index is 1.58. The number of hydrogen-bond donors (Lipinski definition) is 2. The van der Waals surface area contributed by atoms with Crippen LogP contribution in [0.3, 0.4) is 0 Å². The van der Waals surface area contributed by atoms with Gasteiger partial charge in [-0.2, -0.15) is 5.10 Å². The number of para-hydroxylation sites is 2. The summed E-state index contributed by atoms with van der Waals surface area (Å²) in [7, 11) is 0. The van der Waals surface area contributed by atoms with Crippen molar-refractivity contribution in [2.75, 3.05) is 5.32 Å². The molecule has 1 amide bonds. The lowest BCUT2D eigenvalue weighted by Crippen LogP contribution is -2.11. The number of fused-ring (bicyclic) bond motifs is 1. The van der Waals surface area contributed by atoms with Gasteiger partial charge in [-0.3, -0.25) is 20.0 Å². The second-order valence-electron chi connectivity index (χ2n) is 5.92. The third-order valence-corrected chi connectivity index (χ3v) is 4.13. The van der Waals surface area contributed by atoms with Crippen molar-refractivity contribution in [2.45, 2.75) is 0 Å². The summed E-state index contributed by atoms with van der Waals surface area (Å²) in [4.78, 5) is 22.4. The van der Waals surface area contributed by atoms with Crippen LogP contribution in [0.4, 0.5) is 11.6 Å². The third kappa shape index (κ3) is 3.38. The molecule has 0 saturated heterocycles. The van der Waals surface area contributed by atoms with Gasteiger partial charge in [0, 0.05) is 11.1 Å². The van der Waals surface area contributed by atoms with Crippen molar-refractivity contribution >= 4 is 40.5 Å². The van der Waals surface area contributed by atoms with E-state index in [1.807, 2.05) is 48.6 Å². The zero-order valence-corrected chi connectivity index (χ0v) is 14.5. The van der Waals surface area contributed by atoms with Crippen LogP contribution in [0.15, 0.2) is 65.1 Å². The van der Waals surface area contributed by atoms with Crippen molar-refractivity contribution in [1.29, 1.82) is 0 Å². The molecule has 0 unspecified atom stereocenters. The van der Waals surface area contributed by atoms with Crippen molar-refractivity contribution < 1.29 is 14.1 Å². The van der Waals surface area contributed by atoms with Crippen LogP contribution < -0.4 is 5.32 Å². The lowest BCUT2D eigenvalue weighted by molar-refractivity contribution is -0.402. The minimum atomic E-state index is -0.693. The van der Waals surface area contributed by atoms with Gasteiger partial charge in [0.25, 0.3) is 5.91 Å². The van der Waals surface area contributed by atoms with E-state index in [4.69, 9.17) is 4.42 Å². The molecule has 8 heteroatoms. The van der Waals surface area contributed by atoms with E-state index in [1.54, 1.807) is 12.1 Å². The fraction of sp³-hybridized carbons (Fsp3) is 0. The fourth-order valence-electron chi connectivity index (χ4n) is 2.77. The highest BCUT2D eigenvalue weighted by molar-refractivity contribution is 6.04. The van der Waals surface area contributed by atoms with E-state index in [1.165, 1.54) is 6.07 Å². The van der Waals surface area contributed by atoms with Crippen LogP contribution in [0.5, 0.6) is 0 Å². The van der Waals surface area contributed by atoms with Gasteiger partial charge in [0.2, 0.25) is 0 Å². The zero-order valence-electron chi connectivity index (χ0n) is 14.5. The number of benzene rings is 2. The molecule has 0 aliphatic heterocycles. The van der Waals surface area contributed by atoms with Crippen molar-refractivity contribution in [2.24, 2.45) is 0 Å². The minimum Gasteiger partial charge on any atom is -0.395 e. The topological polar surface area (TPSA) is 114 Å². The Hall–Kier alpha value is -4.20. The fourth-order valence-corrected chi connectivity index (χ4v) is 2.77. The minimum absolute atomic E-state index is 0.135. The van der Waals surface area contributed by atoms with Gasteiger partial charge >= 0.3 is 5.88 Å². The second kappa shape index (κ2) is 7.20. The molecule has 0 aliphatic carbocycles. The molecular weight excluding hydrogens is 360 g/mol. The summed E-state index contributed by atoms with van der Waals surface area (Å²) in [5.41, 5.74) is 3.01. The monoisotopic (exact) mass is 374 g/mol. The average molecular weight is 374 g/mol. The van der Waals surface area contributed by atoms with Crippen molar-refractivity contribution in [3.63, 3.8) is 0 Å². The van der Waals surface area contributed by atoms with Gasteiger partial charge < -0.3 is 9.73 Å². The van der Waals surface area contributed by atoms with E-state index < -0.39 is 16.7 Å². The van der Waals surface area contributed by atoms with Gasteiger partial charge in [-0.15, -0.1) is 0 Å². The Bertz CT molecular complexity index is 1210.